The molecular formula is C20H22N4OS2. The Morgan fingerprint density at radius 1 is 1.26 bits per heavy atom. The van der Waals surface area contributed by atoms with Crippen LogP contribution in [0.3, 0.4) is 0 Å². The van der Waals surface area contributed by atoms with Crippen LogP contribution in [0.2, 0.25) is 0 Å². The van der Waals surface area contributed by atoms with E-state index in [0.29, 0.717) is 12.5 Å². The molecule has 0 aliphatic heterocycles. The third-order valence-electron chi connectivity index (χ3n) is 4.52. The van der Waals surface area contributed by atoms with Gasteiger partial charge in [-0.1, -0.05) is 36.0 Å². The van der Waals surface area contributed by atoms with Gasteiger partial charge < -0.3 is 5.32 Å². The molecule has 4 rings (SSSR count). The number of thioether (sulfide) groups is 1. The molecule has 1 atom stereocenters. The smallest absolute Gasteiger partial charge is 0.233 e. The average molecular weight is 399 g/mol. The van der Waals surface area contributed by atoms with Gasteiger partial charge in [-0.3, -0.25) is 9.36 Å². The summed E-state index contributed by atoms with van der Waals surface area (Å²) in [4.78, 5) is 13.8. The van der Waals surface area contributed by atoms with Gasteiger partial charge in [0.05, 0.1) is 5.25 Å². The monoisotopic (exact) mass is 398 g/mol. The fourth-order valence-corrected chi connectivity index (χ4v) is 4.51. The standard InChI is InChI=1S/C20H22N4OS2/c1-14(19(25)21-12-11-17-8-5-13-26-17)27-20-23-22-18(15-9-10-15)24(20)16-6-3-2-4-7-16/h2-8,13-15H,9-12H2,1H3,(H,21,25). The van der Waals surface area contributed by atoms with Crippen molar-refractivity contribution in [2.45, 2.75) is 42.5 Å². The highest BCUT2D eigenvalue weighted by molar-refractivity contribution is 8.00. The van der Waals surface area contributed by atoms with Crippen molar-refractivity contribution in [3.05, 3.63) is 58.5 Å². The van der Waals surface area contributed by atoms with Crippen LogP contribution in [0, 0.1) is 0 Å². The molecule has 3 aromatic rings. The zero-order valence-corrected chi connectivity index (χ0v) is 16.8. The molecule has 1 saturated carbocycles. The second-order valence-corrected chi connectivity index (χ2v) is 9.01. The summed E-state index contributed by atoms with van der Waals surface area (Å²) in [6.07, 6.45) is 3.19. The van der Waals surface area contributed by atoms with E-state index in [2.05, 4.69) is 43.7 Å². The molecule has 0 radical (unpaired) electrons. The van der Waals surface area contributed by atoms with Crippen LogP contribution in [0.15, 0.2) is 53.0 Å². The molecule has 1 aliphatic rings. The summed E-state index contributed by atoms with van der Waals surface area (Å²) in [6.45, 7) is 2.58. The summed E-state index contributed by atoms with van der Waals surface area (Å²) in [6, 6.07) is 14.3. The van der Waals surface area contributed by atoms with Crippen LogP contribution < -0.4 is 5.32 Å². The van der Waals surface area contributed by atoms with E-state index >= 15 is 0 Å². The Morgan fingerprint density at radius 2 is 2.07 bits per heavy atom. The summed E-state index contributed by atoms with van der Waals surface area (Å²) in [7, 11) is 0. The van der Waals surface area contributed by atoms with Gasteiger partial charge in [0, 0.05) is 23.0 Å². The quantitative estimate of drug-likeness (QED) is 0.582. The van der Waals surface area contributed by atoms with Crippen molar-refractivity contribution in [2.24, 2.45) is 0 Å². The van der Waals surface area contributed by atoms with E-state index < -0.39 is 0 Å². The SMILES string of the molecule is CC(Sc1nnc(C2CC2)n1-c1ccccc1)C(=O)NCCc1cccs1. The normalized spacial score (nSPS) is 14.9. The number of benzene rings is 1. The summed E-state index contributed by atoms with van der Waals surface area (Å²) in [5.74, 6) is 1.53. The maximum absolute atomic E-state index is 12.5. The molecule has 1 amide bonds. The minimum atomic E-state index is -0.230. The zero-order chi connectivity index (χ0) is 18.6. The highest BCUT2D eigenvalue weighted by Gasteiger charge is 2.31. The number of thiophene rings is 1. The number of amides is 1. The Balaban J connectivity index is 1.43. The van der Waals surface area contributed by atoms with Crippen molar-refractivity contribution in [3.63, 3.8) is 0 Å². The average Bonchev–Trinajstić information content (AvgIpc) is 3.23. The molecule has 1 aliphatic carbocycles. The Kier molecular flexibility index (Phi) is 5.59. The lowest BCUT2D eigenvalue weighted by Crippen LogP contribution is -2.32. The van der Waals surface area contributed by atoms with Crippen LogP contribution in [-0.2, 0) is 11.2 Å². The number of hydrogen-bond donors (Lipinski definition) is 1. The first-order chi connectivity index (χ1) is 13.2. The van der Waals surface area contributed by atoms with Gasteiger partial charge in [0.25, 0.3) is 0 Å². The molecule has 0 spiro atoms. The van der Waals surface area contributed by atoms with Crippen molar-refractivity contribution in [1.82, 2.24) is 20.1 Å². The number of hydrogen-bond acceptors (Lipinski definition) is 5. The number of carbonyl (C=O) groups is 1. The van der Waals surface area contributed by atoms with E-state index in [1.807, 2.05) is 31.2 Å². The first-order valence-corrected chi connectivity index (χ1v) is 11.0. The van der Waals surface area contributed by atoms with Gasteiger partial charge in [0.15, 0.2) is 5.16 Å². The molecule has 1 unspecified atom stereocenters. The number of nitrogens with one attached hydrogen (secondary N) is 1. The topological polar surface area (TPSA) is 59.8 Å². The van der Waals surface area contributed by atoms with Gasteiger partial charge in [-0.15, -0.1) is 21.5 Å². The van der Waals surface area contributed by atoms with Crippen LogP contribution in [0.4, 0.5) is 0 Å². The van der Waals surface area contributed by atoms with Crippen LogP contribution in [0.25, 0.3) is 5.69 Å². The predicted molar refractivity (Wildman–Crippen MR) is 110 cm³/mol. The van der Waals surface area contributed by atoms with Crippen molar-refractivity contribution in [3.8, 4) is 5.69 Å². The maximum atomic E-state index is 12.5. The molecule has 27 heavy (non-hydrogen) atoms. The van der Waals surface area contributed by atoms with Gasteiger partial charge in [-0.25, -0.2) is 0 Å². The molecule has 0 bridgehead atoms. The molecule has 2 aromatic heterocycles. The number of nitrogens with zero attached hydrogens (tertiary/aromatic N) is 3. The van der Waals surface area contributed by atoms with E-state index in [1.54, 1.807) is 11.3 Å². The number of carbonyl (C=O) groups excluding carboxylic acids is 1. The van der Waals surface area contributed by atoms with Crippen molar-refractivity contribution in [2.75, 3.05) is 6.54 Å². The maximum Gasteiger partial charge on any atom is 0.233 e. The molecule has 7 heteroatoms. The number of para-hydroxylation sites is 1. The first-order valence-electron chi connectivity index (χ1n) is 9.20. The van der Waals surface area contributed by atoms with E-state index in [4.69, 9.17) is 0 Å². The van der Waals surface area contributed by atoms with Crippen LogP contribution in [0.1, 0.15) is 36.4 Å². The fraction of sp³-hybridized carbons (Fsp3) is 0.350. The molecule has 1 aromatic carbocycles. The number of aromatic nitrogens is 3. The Morgan fingerprint density at radius 3 is 2.78 bits per heavy atom. The highest BCUT2D eigenvalue weighted by atomic mass is 32.2. The fourth-order valence-electron chi connectivity index (χ4n) is 2.90. The first kappa shape index (κ1) is 18.3. The highest BCUT2D eigenvalue weighted by Crippen LogP contribution is 2.41. The number of rotatable bonds is 8. The Labute approximate surface area is 167 Å². The summed E-state index contributed by atoms with van der Waals surface area (Å²) < 4.78 is 2.11. The van der Waals surface area contributed by atoms with Crippen LogP contribution >= 0.6 is 23.1 Å². The molecule has 2 heterocycles. The molecule has 1 N–H and O–H groups in total. The summed E-state index contributed by atoms with van der Waals surface area (Å²) in [5, 5.41) is 14.5. The summed E-state index contributed by atoms with van der Waals surface area (Å²) >= 11 is 3.19. The minimum absolute atomic E-state index is 0.0344. The predicted octanol–water partition coefficient (Wildman–Crippen LogP) is 4.05. The van der Waals surface area contributed by atoms with Gasteiger partial charge in [-0.2, -0.15) is 0 Å². The van der Waals surface area contributed by atoms with Crippen molar-refractivity contribution in [1.29, 1.82) is 0 Å². The second kappa shape index (κ2) is 8.27. The van der Waals surface area contributed by atoms with E-state index in [-0.39, 0.29) is 11.2 Å². The third-order valence-corrected chi connectivity index (χ3v) is 6.50. The van der Waals surface area contributed by atoms with E-state index in [1.165, 1.54) is 16.6 Å². The lowest BCUT2D eigenvalue weighted by atomic mass is 10.3. The minimum Gasteiger partial charge on any atom is -0.355 e. The van der Waals surface area contributed by atoms with E-state index in [9.17, 15) is 4.79 Å². The largest absolute Gasteiger partial charge is 0.355 e. The van der Waals surface area contributed by atoms with Crippen molar-refractivity contribution >= 4 is 29.0 Å². The third kappa shape index (κ3) is 4.42. The molecule has 140 valence electrons. The van der Waals surface area contributed by atoms with E-state index in [0.717, 1.165) is 35.9 Å². The summed E-state index contributed by atoms with van der Waals surface area (Å²) in [5.41, 5.74) is 1.05. The molecular weight excluding hydrogens is 376 g/mol. The zero-order valence-electron chi connectivity index (χ0n) is 15.2. The Bertz CT molecular complexity index is 888. The molecule has 0 saturated heterocycles. The van der Waals surface area contributed by atoms with Gasteiger partial charge in [-0.05, 0) is 49.8 Å². The van der Waals surface area contributed by atoms with Crippen LogP contribution in [0.5, 0.6) is 0 Å². The molecule has 5 nitrogen and oxygen atoms in total. The molecule has 1 fully saturated rings. The Hall–Kier alpha value is -2.12. The van der Waals surface area contributed by atoms with Crippen molar-refractivity contribution < 1.29 is 4.79 Å². The lowest BCUT2D eigenvalue weighted by Gasteiger charge is -2.13. The van der Waals surface area contributed by atoms with Gasteiger partial charge in [0.2, 0.25) is 5.91 Å². The van der Waals surface area contributed by atoms with Crippen LogP contribution in [-0.4, -0.2) is 32.5 Å². The van der Waals surface area contributed by atoms with Gasteiger partial charge >= 0.3 is 0 Å². The van der Waals surface area contributed by atoms with Gasteiger partial charge in [0.1, 0.15) is 5.82 Å². The second-order valence-electron chi connectivity index (χ2n) is 6.67. The lowest BCUT2D eigenvalue weighted by molar-refractivity contribution is -0.120.